The second-order valence-electron chi connectivity index (χ2n) is 5.35. The van der Waals surface area contributed by atoms with Crippen molar-refractivity contribution in [3.63, 3.8) is 0 Å². The molecule has 1 aromatic carbocycles. The van der Waals surface area contributed by atoms with Gasteiger partial charge in [-0.25, -0.2) is 9.18 Å². The summed E-state index contributed by atoms with van der Waals surface area (Å²) in [6, 6.07) is 3.18. The monoisotopic (exact) mass is 325 g/mol. The lowest BCUT2D eigenvalue weighted by Crippen LogP contribution is -2.40. The number of amides is 1. The van der Waals surface area contributed by atoms with Crippen LogP contribution in [0.25, 0.3) is 0 Å². The maximum Gasteiger partial charge on any atom is 0.326 e. The molecule has 1 N–H and O–H groups in total. The molecule has 1 aromatic rings. The number of methoxy groups -OCH3 is 1. The minimum Gasteiger partial charge on any atom is -0.480 e. The molecule has 1 aliphatic rings. The third-order valence-electron chi connectivity index (χ3n) is 3.78. The Kier molecular flexibility index (Phi) is 6.06. The van der Waals surface area contributed by atoms with Gasteiger partial charge < -0.3 is 19.5 Å². The zero-order valence-corrected chi connectivity index (χ0v) is 13.0. The predicted octanol–water partition coefficient (Wildman–Crippen LogP) is 1.68. The van der Waals surface area contributed by atoms with Gasteiger partial charge in [0.05, 0.1) is 19.8 Å². The molecule has 1 heterocycles. The lowest BCUT2D eigenvalue weighted by atomic mass is 10.1. The molecule has 6 nitrogen and oxygen atoms in total. The van der Waals surface area contributed by atoms with Gasteiger partial charge >= 0.3 is 5.97 Å². The molecule has 1 fully saturated rings. The molecule has 1 saturated heterocycles. The van der Waals surface area contributed by atoms with Crippen LogP contribution in [0.15, 0.2) is 18.2 Å². The molecular formula is C16H20FNO5. The van der Waals surface area contributed by atoms with Gasteiger partial charge in [0.1, 0.15) is 11.9 Å². The Bertz CT molecular complexity index is 578. The van der Waals surface area contributed by atoms with Crippen LogP contribution in [0.4, 0.5) is 4.39 Å². The van der Waals surface area contributed by atoms with Crippen LogP contribution < -0.4 is 0 Å². The molecule has 23 heavy (non-hydrogen) atoms. The van der Waals surface area contributed by atoms with E-state index in [1.54, 1.807) is 0 Å². The average Bonchev–Trinajstić information content (AvgIpc) is 3.02. The van der Waals surface area contributed by atoms with Crippen molar-refractivity contribution in [1.29, 1.82) is 0 Å². The van der Waals surface area contributed by atoms with Crippen LogP contribution in [0, 0.1) is 5.82 Å². The first-order chi connectivity index (χ1) is 11.0. The first kappa shape index (κ1) is 17.4. The fourth-order valence-corrected chi connectivity index (χ4v) is 2.58. The molecule has 7 heteroatoms. The van der Waals surface area contributed by atoms with E-state index in [0.717, 1.165) is 0 Å². The Hall–Kier alpha value is -1.99. The second-order valence-corrected chi connectivity index (χ2v) is 5.35. The molecule has 0 saturated carbocycles. The first-order valence-corrected chi connectivity index (χ1v) is 7.43. The zero-order chi connectivity index (χ0) is 16.8. The van der Waals surface area contributed by atoms with Gasteiger partial charge in [-0.15, -0.1) is 0 Å². The number of carbonyl (C=O) groups is 2. The minimum absolute atomic E-state index is 0.0265. The third-order valence-corrected chi connectivity index (χ3v) is 3.78. The lowest BCUT2D eigenvalue weighted by Gasteiger charge is -2.21. The summed E-state index contributed by atoms with van der Waals surface area (Å²) in [6.45, 7) is 1.14. The SMILES string of the molecule is COCCOCc1cc(C(=O)N2CCC[C@H]2C(=O)O)ccc1F. The van der Waals surface area contributed by atoms with Crippen molar-refractivity contribution in [2.24, 2.45) is 0 Å². The van der Waals surface area contributed by atoms with E-state index >= 15 is 0 Å². The number of aliphatic carboxylic acids is 1. The topological polar surface area (TPSA) is 76.1 Å². The van der Waals surface area contributed by atoms with E-state index in [2.05, 4.69) is 0 Å². The van der Waals surface area contributed by atoms with Crippen molar-refractivity contribution in [3.8, 4) is 0 Å². The highest BCUT2D eigenvalue weighted by atomic mass is 19.1. The van der Waals surface area contributed by atoms with E-state index in [1.165, 1.54) is 30.2 Å². The van der Waals surface area contributed by atoms with Crippen LogP contribution in [0.1, 0.15) is 28.8 Å². The van der Waals surface area contributed by atoms with Crippen molar-refractivity contribution >= 4 is 11.9 Å². The van der Waals surface area contributed by atoms with Crippen molar-refractivity contribution < 1.29 is 28.6 Å². The maximum absolute atomic E-state index is 13.8. The van der Waals surface area contributed by atoms with E-state index in [-0.39, 0.29) is 17.7 Å². The first-order valence-electron chi connectivity index (χ1n) is 7.43. The van der Waals surface area contributed by atoms with Gasteiger partial charge in [-0.2, -0.15) is 0 Å². The van der Waals surface area contributed by atoms with E-state index in [0.29, 0.717) is 32.6 Å². The Balaban J connectivity index is 2.10. The molecule has 2 rings (SSSR count). The van der Waals surface area contributed by atoms with Gasteiger partial charge in [0.2, 0.25) is 0 Å². The van der Waals surface area contributed by atoms with Crippen LogP contribution >= 0.6 is 0 Å². The number of hydrogen-bond donors (Lipinski definition) is 1. The number of benzene rings is 1. The highest BCUT2D eigenvalue weighted by molar-refractivity contribution is 5.97. The van der Waals surface area contributed by atoms with Crippen LogP contribution in [0.5, 0.6) is 0 Å². The van der Waals surface area contributed by atoms with Gasteiger partial charge in [0.15, 0.2) is 0 Å². The minimum atomic E-state index is -1.01. The molecule has 1 atom stereocenters. The Morgan fingerprint density at radius 3 is 2.87 bits per heavy atom. The average molecular weight is 325 g/mol. The second kappa shape index (κ2) is 8.03. The number of carbonyl (C=O) groups excluding carboxylic acids is 1. The van der Waals surface area contributed by atoms with Crippen molar-refractivity contribution in [2.45, 2.75) is 25.5 Å². The summed E-state index contributed by atoms with van der Waals surface area (Å²) in [4.78, 5) is 25.0. The molecular weight excluding hydrogens is 305 g/mol. The fourth-order valence-electron chi connectivity index (χ4n) is 2.58. The largest absolute Gasteiger partial charge is 0.480 e. The molecule has 1 aliphatic heterocycles. The normalized spacial score (nSPS) is 17.5. The standard InChI is InChI=1S/C16H20FNO5/c1-22-7-8-23-10-12-9-11(4-5-13(12)17)15(19)18-6-2-3-14(18)16(20)21/h4-5,9,14H,2-3,6-8,10H2,1H3,(H,20,21)/t14-/m0/s1. The summed E-state index contributed by atoms with van der Waals surface area (Å²) >= 11 is 0. The zero-order valence-electron chi connectivity index (χ0n) is 13.0. The van der Waals surface area contributed by atoms with E-state index in [9.17, 15) is 14.0 Å². The molecule has 1 amide bonds. The number of carboxylic acids is 1. The van der Waals surface area contributed by atoms with E-state index < -0.39 is 23.7 Å². The van der Waals surface area contributed by atoms with Gasteiger partial charge in [0.25, 0.3) is 5.91 Å². The smallest absolute Gasteiger partial charge is 0.326 e. The molecule has 126 valence electrons. The van der Waals surface area contributed by atoms with Gasteiger partial charge in [-0.3, -0.25) is 4.79 Å². The molecule has 0 spiro atoms. The number of likely N-dealkylation sites (tertiary alicyclic amines) is 1. The van der Waals surface area contributed by atoms with Crippen LogP contribution in [0.3, 0.4) is 0 Å². The number of halogens is 1. The van der Waals surface area contributed by atoms with Gasteiger partial charge in [-0.1, -0.05) is 0 Å². The van der Waals surface area contributed by atoms with Crippen LogP contribution in [-0.2, 0) is 20.9 Å². The maximum atomic E-state index is 13.8. The highest BCUT2D eigenvalue weighted by Gasteiger charge is 2.34. The molecule has 0 radical (unpaired) electrons. The molecule has 0 bridgehead atoms. The summed E-state index contributed by atoms with van der Waals surface area (Å²) in [6.07, 6.45) is 1.09. The van der Waals surface area contributed by atoms with Crippen molar-refractivity contribution in [2.75, 3.05) is 26.9 Å². The predicted molar refractivity (Wildman–Crippen MR) is 79.6 cm³/mol. The lowest BCUT2D eigenvalue weighted by molar-refractivity contribution is -0.141. The summed E-state index contributed by atoms with van der Waals surface area (Å²) in [5.74, 6) is -1.87. The molecule has 0 unspecified atom stereocenters. The Morgan fingerprint density at radius 2 is 2.17 bits per heavy atom. The summed E-state index contributed by atoms with van der Waals surface area (Å²) < 4.78 is 23.9. The summed E-state index contributed by atoms with van der Waals surface area (Å²) in [5, 5.41) is 9.16. The Morgan fingerprint density at radius 1 is 1.39 bits per heavy atom. The number of hydrogen-bond acceptors (Lipinski definition) is 4. The summed E-state index contributed by atoms with van der Waals surface area (Å²) in [7, 11) is 1.54. The van der Waals surface area contributed by atoms with Gasteiger partial charge in [0, 0.05) is 24.8 Å². The van der Waals surface area contributed by atoms with Gasteiger partial charge in [-0.05, 0) is 31.0 Å². The van der Waals surface area contributed by atoms with E-state index in [4.69, 9.17) is 14.6 Å². The number of nitrogens with zero attached hydrogens (tertiary/aromatic N) is 1. The number of carboxylic acid groups (broad SMARTS) is 1. The van der Waals surface area contributed by atoms with Crippen molar-refractivity contribution in [1.82, 2.24) is 4.90 Å². The highest BCUT2D eigenvalue weighted by Crippen LogP contribution is 2.21. The van der Waals surface area contributed by atoms with E-state index in [1.807, 2.05) is 0 Å². The Labute approximate surface area is 133 Å². The third kappa shape index (κ3) is 4.27. The summed E-state index contributed by atoms with van der Waals surface area (Å²) in [5.41, 5.74) is 0.530. The quantitative estimate of drug-likeness (QED) is 0.772. The molecule has 0 aromatic heterocycles. The number of ether oxygens (including phenoxy) is 2. The molecule has 0 aliphatic carbocycles. The van der Waals surface area contributed by atoms with Crippen LogP contribution in [0.2, 0.25) is 0 Å². The van der Waals surface area contributed by atoms with Crippen molar-refractivity contribution in [3.05, 3.63) is 35.1 Å². The number of rotatable bonds is 7. The van der Waals surface area contributed by atoms with Crippen LogP contribution in [-0.4, -0.2) is 54.8 Å². The fraction of sp³-hybridized carbons (Fsp3) is 0.500.